The van der Waals surface area contributed by atoms with Crippen molar-refractivity contribution in [2.45, 2.75) is 26.2 Å². The first-order valence-electron chi connectivity index (χ1n) is 4.42. The first-order valence-corrected chi connectivity index (χ1v) is 5.26. The van der Waals surface area contributed by atoms with Gasteiger partial charge in [0.1, 0.15) is 0 Å². The summed E-state index contributed by atoms with van der Waals surface area (Å²) in [6.07, 6.45) is 0. The number of nitrogens with zero attached hydrogens (tertiary/aromatic N) is 1. The Hall–Kier alpha value is -0.890. The fraction of sp³-hybridized carbons (Fsp3) is 0.364. The molecule has 0 bridgehead atoms. The van der Waals surface area contributed by atoms with Crippen molar-refractivity contribution < 1.29 is 0 Å². The molecule has 0 spiro atoms. The highest BCUT2D eigenvalue weighted by Gasteiger charge is 2.17. The lowest BCUT2D eigenvalue weighted by Crippen LogP contribution is -2.11. The quantitative estimate of drug-likeness (QED) is 0.620. The average Bonchev–Trinajstić information content (AvgIpc) is 2.48. The Labute approximate surface area is 82.6 Å². The van der Waals surface area contributed by atoms with Crippen molar-refractivity contribution in [3.05, 3.63) is 29.1 Å². The minimum Gasteiger partial charge on any atom is -0.192 e. The van der Waals surface area contributed by atoms with Crippen molar-refractivity contribution in [1.29, 1.82) is 0 Å². The molecule has 1 aromatic carbocycles. The Morgan fingerprint density at radius 1 is 1.23 bits per heavy atom. The molecule has 1 heterocycles. The highest BCUT2D eigenvalue weighted by molar-refractivity contribution is 7.04. The van der Waals surface area contributed by atoms with Gasteiger partial charge in [-0.2, -0.15) is 4.37 Å². The summed E-state index contributed by atoms with van der Waals surface area (Å²) < 4.78 is 4.43. The SMILES string of the molecule is CC(C)(C)c1cccc2csnc12. The molecule has 0 radical (unpaired) electrons. The van der Waals surface area contributed by atoms with Crippen LogP contribution in [0.15, 0.2) is 23.6 Å². The maximum absolute atomic E-state index is 4.43. The van der Waals surface area contributed by atoms with Crippen molar-refractivity contribution >= 4 is 22.4 Å². The Morgan fingerprint density at radius 2 is 2.00 bits per heavy atom. The van der Waals surface area contributed by atoms with Crippen LogP contribution in [0.4, 0.5) is 0 Å². The van der Waals surface area contributed by atoms with E-state index in [1.54, 1.807) is 0 Å². The summed E-state index contributed by atoms with van der Waals surface area (Å²) in [6, 6.07) is 6.40. The summed E-state index contributed by atoms with van der Waals surface area (Å²) in [7, 11) is 0. The molecule has 0 saturated heterocycles. The lowest BCUT2D eigenvalue weighted by molar-refractivity contribution is 0.595. The molecule has 13 heavy (non-hydrogen) atoms. The first kappa shape index (κ1) is 8.70. The van der Waals surface area contributed by atoms with Crippen molar-refractivity contribution in [2.75, 3.05) is 0 Å². The Balaban J connectivity index is 2.75. The molecular formula is C11H13NS. The summed E-state index contributed by atoms with van der Waals surface area (Å²) in [5.41, 5.74) is 2.69. The van der Waals surface area contributed by atoms with E-state index in [4.69, 9.17) is 0 Å². The summed E-state index contributed by atoms with van der Waals surface area (Å²) >= 11 is 1.53. The van der Waals surface area contributed by atoms with Crippen LogP contribution in [0.2, 0.25) is 0 Å². The van der Waals surface area contributed by atoms with E-state index in [1.807, 2.05) is 0 Å². The fourth-order valence-electron chi connectivity index (χ4n) is 1.50. The van der Waals surface area contributed by atoms with E-state index in [2.05, 4.69) is 48.7 Å². The molecule has 2 heteroatoms. The van der Waals surface area contributed by atoms with Gasteiger partial charge in [0.2, 0.25) is 0 Å². The van der Waals surface area contributed by atoms with Gasteiger partial charge in [-0.05, 0) is 22.5 Å². The second-order valence-corrected chi connectivity index (χ2v) is 4.94. The van der Waals surface area contributed by atoms with E-state index >= 15 is 0 Å². The molecule has 2 aromatic rings. The number of hydrogen-bond donors (Lipinski definition) is 0. The largest absolute Gasteiger partial charge is 0.192 e. The zero-order valence-corrected chi connectivity index (χ0v) is 8.98. The van der Waals surface area contributed by atoms with E-state index in [-0.39, 0.29) is 5.41 Å². The predicted octanol–water partition coefficient (Wildman–Crippen LogP) is 3.59. The van der Waals surface area contributed by atoms with E-state index < -0.39 is 0 Å². The van der Waals surface area contributed by atoms with Gasteiger partial charge in [-0.3, -0.25) is 0 Å². The van der Waals surface area contributed by atoms with Crippen LogP contribution in [-0.2, 0) is 5.41 Å². The third-order valence-corrected chi connectivity index (χ3v) is 2.85. The minimum atomic E-state index is 0.188. The molecule has 2 rings (SSSR count). The summed E-state index contributed by atoms with van der Waals surface area (Å²) in [5, 5.41) is 3.36. The van der Waals surface area contributed by atoms with E-state index in [1.165, 1.54) is 28.0 Å². The topological polar surface area (TPSA) is 12.9 Å². The maximum atomic E-state index is 4.43. The number of rotatable bonds is 0. The molecule has 0 saturated carbocycles. The molecule has 68 valence electrons. The Kier molecular flexibility index (Phi) is 1.88. The van der Waals surface area contributed by atoms with Gasteiger partial charge in [0.05, 0.1) is 5.52 Å². The molecule has 1 nitrogen and oxygen atoms in total. The normalized spacial score (nSPS) is 12.2. The molecule has 0 fully saturated rings. The average molecular weight is 191 g/mol. The van der Waals surface area contributed by atoms with Gasteiger partial charge < -0.3 is 0 Å². The van der Waals surface area contributed by atoms with Crippen molar-refractivity contribution in [3.8, 4) is 0 Å². The lowest BCUT2D eigenvalue weighted by Gasteiger charge is -2.19. The van der Waals surface area contributed by atoms with Crippen LogP contribution in [0.5, 0.6) is 0 Å². The van der Waals surface area contributed by atoms with Gasteiger partial charge in [-0.1, -0.05) is 39.0 Å². The van der Waals surface area contributed by atoms with Crippen LogP contribution in [0, 0.1) is 0 Å². The second kappa shape index (κ2) is 2.81. The van der Waals surface area contributed by atoms with Crippen LogP contribution in [-0.4, -0.2) is 4.37 Å². The van der Waals surface area contributed by atoms with Gasteiger partial charge in [-0.25, -0.2) is 0 Å². The predicted molar refractivity (Wildman–Crippen MR) is 58.3 cm³/mol. The van der Waals surface area contributed by atoms with Crippen molar-refractivity contribution in [2.24, 2.45) is 0 Å². The number of hydrogen-bond acceptors (Lipinski definition) is 2. The lowest BCUT2D eigenvalue weighted by atomic mass is 9.86. The molecule has 0 aliphatic heterocycles. The van der Waals surface area contributed by atoms with E-state index in [9.17, 15) is 0 Å². The van der Waals surface area contributed by atoms with E-state index in [0.717, 1.165) is 0 Å². The Bertz CT molecular complexity index is 423. The Morgan fingerprint density at radius 3 is 2.69 bits per heavy atom. The molecule has 0 N–H and O–H groups in total. The van der Waals surface area contributed by atoms with Crippen LogP contribution >= 0.6 is 11.5 Å². The highest BCUT2D eigenvalue weighted by Crippen LogP contribution is 2.29. The highest BCUT2D eigenvalue weighted by atomic mass is 32.1. The second-order valence-electron chi connectivity index (χ2n) is 4.31. The van der Waals surface area contributed by atoms with Gasteiger partial charge in [0, 0.05) is 10.8 Å². The van der Waals surface area contributed by atoms with Crippen LogP contribution in [0.3, 0.4) is 0 Å². The first-order chi connectivity index (χ1) is 6.09. The van der Waals surface area contributed by atoms with Crippen molar-refractivity contribution in [1.82, 2.24) is 4.37 Å². The van der Waals surface area contributed by atoms with Gasteiger partial charge >= 0.3 is 0 Å². The third-order valence-electron chi connectivity index (χ3n) is 2.20. The monoisotopic (exact) mass is 191 g/mol. The number of aromatic nitrogens is 1. The third kappa shape index (κ3) is 1.46. The summed E-state index contributed by atoms with van der Waals surface area (Å²) in [5.74, 6) is 0. The van der Waals surface area contributed by atoms with Gasteiger partial charge in [-0.15, -0.1) is 0 Å². The zero-order valence-electron chi connectivity index (χ0n) is 8.16. The molecule has 1 aromatic heterocycles. The van der Waals surface area contributed by atoms with Gasteiger partial charge in [0.25, 0.3) is 0 Å². The molecule has 0 aliphatic rings. The molecule has 0 amide bonds. The maximum Gasteiger partial charge on any atom is 0.0877 e. The molecular weight excluding hydrogens is 178 g/mol. The molecule has 0 aliphatic carbocycles. The van der Waals surface area contributed by atoms with Crippen LogP contribution < -0.4 is 0 Å². The summed E-state index contributed by atoms with van der Waals surface area (Å²) in [6.45, 7) is 6.67. The van der Waals surface area contributed by atoms with Gasteiger partial charge in [0.15, 0.2) is 0 Å². The minimum absolute atomic E-state index is 0.188. The number of benzene rings is 1. The smallest absolute Gasteiger partial charge is 0.0877 e. The van der Waals surface area contributed by atoms with Crippen LogP contribution in [0.25, 0.3) is 10.9 Å². The summed E-state index contributed by atoms with van der Waals surface area (Å²) in [4.78, 5) is 0. The fourth-order valence-corrected chi connectivity index (χ4v) is 2.17. The molecule has 0 unspecified atom stereocenters. The van der Waals surface area contributed by atoms with E-state index in [0.29, 0.717) is 0 Å². The molecule has 0 atom stereocenters. The van der Waals surface area contributed by atoms with Crippen molar-refractivity contribution in [3.63, 3.8) is 0 Å². The van der Waals surface area contributed by atoms with Crippen LogP contribution in [0.1, 0.15) is 26.3 Å². The zero-order chi connectivity index (χ0) is 9.47. The standard InChI is InChI=1S/C11H13NS/c1-11(2,3)9-6-4-5-8-7-13-12-10(8)9/h4-7H,1-3H3. The number of fused-ring (bicyclic) bond motifs is 1.